The van der Waals surface area contributed by atoms with Crippen LogP contribution in [0.4, 0.5) is 0 Å². The highest BCUT2D eigenvalue weighted by molar-refractivity contribution is 7.89. The Morgan fingerprint density at radius 3 is 2.71 bits per heavy atom. The average Bonchev–Trinajstić information content (AvgIpc) is 2.29. The predicted octanol–water partition coefficient (Wildman–Crippen LogP) is 0.613. The predicted molar refractivity (Wildman–Crippen MR) is 60.9 cm³/mol. The maximum absolute atomic E-state index is 11.8. The van der Waals surface area contributed by atoms with Gasteiger partial charge in [-0.2, -0.15) is 4.72 Å². The molecule has 1 unspecified atom stereocenters. The quantitative estimate of drug-likeness (QED) is 0.779. The third-order valence-corrected chi connectivity index (χ3v) is 3.47. The van der Waals surface area contributed by atoms with Gasteiger partial charge in [-0.15, -0.1) is 0 Å². The Labute approximate surface area is 99.7 Å². The standard InChI is InChI=1S/C10H14N2O4S/c1-2-5-8(10(13)14)12-17(15,16)9-6-3-4-7-11-9/h3-4,6-8,12H,2,5H2,1H3,(H,13,14). The van der Waals surface area contributed by atoms with Crippen LogP contribution < -0.4 is 4.72 Å². The van der Waals surface area contributed by atoms with Crippen molar-refractivity contribution in [1.82, 2.24) is 9.71 Å². The molecule has 0 aliphatic carbocycles. The molecular formula is C10H14N2O4S. The molecule has 0 bridgehead atoms. The molecule has 1 rings (SSSR count). The number of aliphatic carboxylic acids is 1. The van der Waals surface area contributed by atoms with Crippen molar-refractivity contribution in [2.75, 3.05) is 0 Å². The Hall–Kier alpha value is -1.47. The number of carboxylic acids is 1. The summed E-state index contributed by atoms with van der Waals surface area (Å²) in [5.41, 5.74) is 0. The lowest BCUT2D eigenvalue weighted by molar-refractivity contribution is -0.139. The first-order valence-corrected chi connectivity index (χ1v) is 6.62. The summed E-state index contributed by atoms with van der Waals surface area (Å²) in [6.07, 6.45) is 2.15. The van der Waals surface area contributed by atoms with E-state index in [2.05, 4.69) is 9.71 Å². The van der Waals surface area contributed by atoms with E-state index >= 15 is 0 Å². The number of sulfonamides is 1. The summed E-state index contributed by atoms with van der Waals surface area (Å²) in [5.74, 6) is -1.19. The second kappa shape index (κ2) is 5.74. The molecule has 0 spiro atoms. The number of carboxylic acid groups (broad SMARTS) is 1. The number of aromatic nitrogens is 1. The zero-order valence-corrected chi connectivity index (χ0v) is 10.1. The van der Waals surface area contributed by atoms with Gasteiger partial charge in [0.1, 0.15) is 6.04 Å². The van der Waals surface area contributed by atoms with Crippen molar-refractivity contribution >= 4 is 16.0 Å². The lowest BCUT2D eigenvalue weighted by Gasteiger charge is -2.13. The van der Waals surface area contributed by atoms with E-state index in [0.29, 0.717) is 6.42 Å². The van der Waals surface area contributed by atoms with Crippen molar-refractivity contribution in [3.05, 3.63) is 24.4 Å². The van der Waals surface area contributed by atoms with E-state index in [0.717, 1.165) is 0 Å². The van der Waals surface area contributed by atoms with Crippen LogP contribution in [-0.2, 0) is 14.8 Å². The molecule has 0 radical (unpaired) electrons. The smallest absolute Gasteiger partial charge is 0.321 e. The molecule has 0 amide bonds. The Bertz CT molecular complexity index is 472. The van der Waals surface area contributed by atoms with Crippen LogP contribution in [0, 0.1) is 0 Å². The van der Waals surface area contributed by atoms with Crippen LogP contribution in [0.1, 0.15) is 19.8 Å². The van der Waals surface area contributed by atoms with E-state index in [1.54, 1.807) is 13.0 Å². The Balaban J connectivity index is 2.89. The molecule has 0 aromatic carbocycles. The number of rotatable bonds is 6. The maximum atomic E-state index is 11.8. The van der Waals surface area contributed by atoms with E-state index < -0.39 is 22.0 Å². The molecule has 7 heteroatoms. The largest absolute Gasteiger partial charge is 0.480 e. The van der Waals surface area contributed by atoms with E-state index in [9.17, 15) is 13.2 Å². The van der Waals surface area contributed by atoms with Crippen LogP contribution in [0.2, 0.25) is 0 Å². The van der Waals surface area contributed by atoms with E-state index in [1.165, 1.54) is 18.3 Å². The molecule has 17 heavy (non-hydrogen) atoms. The van der Waals surface area contributed by atoms with Crippen LogP contribution in [0.25, 0.3) is 0 Å². The minimum absolute atomic E-state index is 0.178. The highest BCUT2D eigenvalue weighted by atomic mass is 32.2. The molecule has 6 nitrogen and oxygen atoms in total. The second-order valence-electron chi connectivity index (χ2n) is 3.47. The summed E-state index contributed by atoms with van der Waals surface area (Å²) in [6, 6.07) is 3.30. The van der Waals surface area contributed by atoms with Crippen LogP contribution in [0.3, 0.4) is 0 Å². The average molecular weight is 258 g/mol. The first kappa shape index (κ1) is 13.6. The topological polar surface area (TPSA) is 96.4 Å². The summed E-state index contributed by atoms with van der Waals surface area (Å²) in [7, 11) is -3.87. The van der Waals surface area contributed by atoms with Crippen molar-refractivity contribution in [2.24, 2.45) is 0 Å². The van der Waals surface area contributed by atoms with Gasteiger partial charge in [-0.05, 0) is 18.6 Å². The number of carbonyl (C=O) groups is 1. The number of hydrogen-bond donors (Lipinski definition) is 2. The van der Waals surface area contributed by atoms with Gasteiger partial charge in [0.05, 0.1) is 0 Å². The van der Waals surface area contributed by atoms with Crippen molar-refractivity contribution in [3.63, 3.8) is 0 Å². The van der Waals surface area contributed by atoms with Gasteiger partial charge in [0.15, 0.2) is 5.03 Å². The van der Waals surface area contributed by atoms with Gasteiger partial charge in [0, 0.05) is 6.20 Å². The molecule has 0 saturated carbocycles. The first-order valence-electron chi connectivity index (χ1n) is 5.13. The summed E-state index contributed by atoms with van der Waals surface area (Å²) in [5, 5.41) is 8.69. The SMILES string of the molecule is CCCC(NS(=O)(=O)c1ccccn1)C(=O)O. The number of hydrogen-bond acceptors (Lipinski definition) is 4. The minimum Gasteiger partial charge on any atom is -0.480 e. The molecule has 1 aromatic rings. The molecule has 1 aromatic heterocycles. The van der Waals surface area contributed by atoms with Crippen molar-refractivity contribution in [1.29, 1.82) is 0 Å². The van der Waals surface area contributed by atoms with Crippen molar-refractivity contribution < 1.29 is 18.3 Å². The van der Waals surface area contributed by atoms with Gasteiger partial charge in [-0.3, -0.25) is 4.79 Å². The minimum atomic E-state index is -3.87. The zero-order chi connectivity index (χ0) is 12.9. The van der Waals surface area contributed by atoms with Crippen molar-refractivity contribution in [3.8, 4) is 0 Å². The number of nitrogens with one attached hydrogen (secondary N) is 1. The molecule has 0 fully saturated rings. The van der Waals surface area contributed by atoms with E-state index in [4.69, 9.17) is 5.11 Å². The van der Waals surface area contributed by atoms with Crippen LogP contribution >= 0.6 is 0 Å². The normalized spacial score (nSPS) is 13.2. The Kier molecular flexibility index (Phi) is 4.59. The fraction of sp³-hybridized carbons (Fsp3) is 0.400. The monoisotopic (exact) mass is 258 g/mol. The molecule has 0 aliphatic rings. The highest BCUT2D eigenvalue weighted by Gasteiger charge is 2.25. The third-order valence-electron chi connectivity index (χ3n) is 2.09. The Morgan fingerprint density at radius 1 is 1.53 bits per heavy atom. The van der Waals surface area contributed by atoms with Gasteiger partial charge >= 0.3 is 5.97 Å². The third kappa shape index (κ3) is 3.79. The fourth-order valence-corrected chi connectivity index (χ4v) is 2.45. The lowest BCUT2D eigenvalue weighted by Crippen LogP contribution is -2.40. The van der Waals surface area contributed by atoms with Gasteiger partial charge in [-0.1, -0.05) is 19.4 Å². The van der Waals surface area contributed by atoms with Crippen molar-refractivity contribution in [2.45, 2.75) is 30.8 Å². The molecule has 1 heterocycles. The summed E-state index contributed by atoms with van der Waals surface area (Å²) < 4.78 is 25.7. The first-order chi connectivity index (χ1) is 7.97. The number of pyridine rings is 1. The van der Waals surface area contributed by atoms with E-state index in [-0.39, 0.29) is 11.4 Å². The highest BCUT2D eigenvalue weighted by Crippen LogP contribution is 2.07. The van der Waals surface area contributed by atoms with Crippen LogP contribution in [0.5, 0.6) is 0 Å². The summed E-state index contributed by atoms with van der Waals surface area (Å²) in [6.45, 7) is 1.78. The second-order valence-corrected chi connectivity index (χ2v) is 5.13. The van der Waals surface area contributed by atoms with Gasteiger partial charge < -0.3 is 5.11 Å². The lowest BCUT2D eigenvalue weighted by atomic mass is 10.2. The molecule has 0 saturated heterocycles. The van der Waals surface area contributed by atoms with Crippen LogP contribution in [0.15, 0.2) is 29.4 Å². The van der Waals surface area contributed by atoms with Gasteiger partial charge in [0.2, 0.25) is 0 Å². The molecule has 94 valence electrons. The van der Waals surface area contributed by atoms with Gasteiger partial charge in [-0.25, -0.2) is 13.4 Å². The molecule has 2 N–H and O–H groups in total. The Morgan fingerprint density at radius 2 is 2.24 bits per heavy atom. The molecular weight excluding hydrogens is 244 g/mol. The zero-order valence-electron chi connectivity index (χ0n) is 9.33. The summed E-state index contributed by atoms with van der Waals surface area (Å²) in [4.78, 5) is 14.5. The maximum Gasteiger partial charge on any atom is 0.321 e. The molecule has 0 aliphatic heterocycles. The number of nitrogens with zero attached hydrogens (tertiary/aromatic N) is 1. The summed E-state index contributed by atoms with van der Waals surface area (Å²) >= 11 is 0. The van der Waals surface area contributed by atoms with Gasteiger partial charge in [0.25, 0.3) is 10.0 Å². The van der Waals surface area contributed by atoms with E-state index in [1.807, 2.05) is 0 Å². The van der Waals surface area contributed by atoms with Crippen LogP contribution in [-0.4, -0.2) is 30.5 Å². The molecule has 1 atom stereocenters. The fourth-order valence-electron chi connectivity index (χ4n) is 1.28.